The summed E-state index contributed by atoms with van der Waals surface area (Å²) in [5, 5.41) is 6.46. The van der Waals surface area contributed by atoms with Gasteiger partial charge >= 0.3 is 0 Å². The number of sulfone groups is 1. The lowest BCUT2D eigenvalue weighted by molar-refractivity contribution is 0.596. The number of benzene rings is 3. The highest BCUT2D eigenvalue weighted by Crippen LogP contribution is 2.13. The quantitative estimate of drug-likeness (QED) is 0.350. The van der Waals surface area contributed by atoms with Crippen LogP contribution in [0.15, 0.2) is 88.8 Å². The predicted octanol–water partition coefficient (Wildman–Crippen LogP) is 4.47. The lowest BCUT2D eigenvalue weighted by Crippen LogP contribution is -2.35. The molecule has 0 radical (unpaired) electrons. The smallest absolute Gasteiger partial charge is 0.198 e. The predicted molar refractivity (Wildman–Crippen MR) is 127 cm³/mol. The van der Waals surface area contributed by atoms with Gasteiger partial charge in [0.1, 0.15) is 11.7 Å². The van der Waals surface area contributed by atoms with Crippen LogP contribution in [0.2, 0.25) is 0 Å². The molecule has 30 heavy (non-hydrogen) atoms. The van der Waals surface area contributed by atoms with Crippen molar-refractivity contribution in [3.05, 3.63) is 95.6 Å². The van der Waals surface area contributed by atoms with Crippen molar-refractivity contribution in [3.8, 4) is 0 Å². The first kappa shape index (κ1) is 21.7. The maximum absolute atomic E-state index is 12.7. The van der Waals surface area contributed by atoms with E-state index < -0.39 is 9.84 Å². The van der Waals surface area contributed by atoms with Gasteiger partial charge < -0.3 is 10.6 Å². The number of anilines is 1. The zero-order valence-electron chi connectivity index (χ0n) is 16.8. The largest absolute Gasteiger partial charge is 0.332 e. The minimum absolute atomic E-state index is 0.240. The van der Waals surface area contributed by atoms with Gasteiger partial charge in [0, 0.05) is 11.3 Å². The Bertz CT molecular complexity index is 1140. The molecule has 0 aliphatic heterocycles. The average molecular weight is 438 g/mol. The topological polar surface area (TPSA) is 70.6 Å². The first-order chi connectivity index (χ1) is 14.3. The van der Waals surface area contributed by atoms with E-state index in [0.717, 1.165) is 22.4 Å². The number of hydrogen-bond donors (Lipinski definition) is 2. The van der Waals surface area contributed by atoms with E-state index in [4.69, 9.17) is 12.2 Å². The van der Waals surface area contributed by atoms with E-state index in [1.54, 1.807) is 24.3 Å². The molecule has 0 bridgehead atoms. The molecule has 0 heterocycles. The Balaban J connectivity index is 1.81. The summed E-state index contributed by atoms with van der Waals surface area (Å²) >= 11 is 5.41. The van der Waals surface area contributed by atoms with Gasteiger partial charge in [0.25, 0.3) is 0 Å². The maximum atomic E-state index is 12.7. The molecule has 0 spiro atoms. The fourth-order valence-electron chi connectivity index (χ4n) is 2.68. The fourth-order valence-corrected chi connectivity index (χ4v) is 3.89. The molecular weight excluding hydrogens is 414 g/mol. The minimum Gasteiger partial charge on any atom is -0.332 e. The normalized spacial score (nSPS) is 11.7. The Kier molecular flexibility index (Phi) is 6.97. The van der Waals surface area contributed by atoms with Crippen LogP contribution in [0.5, 0.6) is 0 Å². The molecule has 0 aliphatic rings. The molecule has 0 saturated carbocycles. The summed E-state index contributed by atoms with van der Waals surface area (Å²) in [6.45, 7) is 3.92. The standard InChI is InChI=1S/C23H23N3O2S2/c1-17-8-12-20(13-9-17)25-23(29)26-22(19-6-4-3-5-7-19)24-16-30(27,28)21-14-10-18(2)11-15-21/h3-15H,16H2,1-2H3,(H2,24,25,26,29). The highest BCUT2D eigenvalue weighted by Gasteiger charge is 2.15. The number of amidine groups is 1. The molecule has 0 unspecified atom stereocenters. The summed E-state index contributed by atoms with van der Waals surface area (Å²) in [5.74, 6) is -0.00337. The van der Waals surface area contributed by atoms with Gasteiger partial charge in [0.05, 0.1) is 4.90 Å². The number of hydrogen-bond acceptors (Lipinski definition) is 4. The van der Waals surface area contributed by atoms with Crippen LogP contribution in [0, 0.1) is 13.8 Å². The summed E-state index contributed by atoms with van der Waals surface area (Å²) in [6.07, 6.45) is 0. The van der Waals surface area contributed by atoms with E-state index in [1.165, 1.54) is 0 Å². The van der Waals surface area contributed by atoms with Crippen molar-refractivity contribution in [2.45, 2.75) is 18.7 Å². The van der Waals surface area contributed by atoms with E-state index in [-0.39, 0.29) is 10.8 Å². The van der Waals surface area contributed by atoms with Crippen molar-refractivity contribution in [1.29, 1.82) is 0 Å². The van der Waals surface area contributed by atoms with Crippen LogP contribution in [0.25, 0.3) is 0 Å². The van der Waals surface area contributed by atoms with E-state index in [9.17, 15) is 8.42 Å². The van der Waals surface area contributed by atoms with Crippen LogP contribution in [0.3, 0.4) is 0 Å². The molecular formula is C23H23N3O2S2. The van der Waals surface area contributed by atoms with Crippen molar-refractivity contribution >= 4 is 38.7 Å². The van der Waals surface area contributed by atoms with E-state index in [2.05, 4.69) is 15.6 Å². The molecule has 3 rings (SSSR count). The third-order valence-electron chi connectivity index (χ3n) is 4.36. The Hall–Kier alpha value is -3.03. The summed E-state index contributed by atoms with van der Waals surface area (Å²) in [4.78, 5) is 4.59. The highest BCUT2D eigenvalue weighted by atomic mass is 32.2. The molecule has 3 aromatic rings. The first-order valence-electron chi connectivity index (χ1n) is 9.37. The lowest BCUT2D eigenvalue weighted by Gasteiger charge is -2.13. The zero-order valence-corrected chi connectivity index (χ0v) is 18.4. The van der Waals surface area contributed by atoms with Crippen LogP contribution < -0.4 is 10.6 Å². The third kappa shape index (κ3) is 5.98. The van der Waals surface area contributed by atoms with Gasteiger partial charge in [-0.05, 0) is 50.3 Å². The minimum atomic E-state index is -3.57. The third-order valence-corrected chi connectivity index (χ3v) is 6.02. The van der Waals surface area contributed by atoms with Crippen molar-refractivity contribution in [2.24, 2.45) is 4.99 Å². The van der Waals surface area contributed by atoms with Gasteiger partial charge in [-0.2, -0.15) is 0 Å². The monoisotopic (exact) mass is 437 g/mol. The van der Waals surface area contributed by atoms with Crippen LogP contribution >= 0.6 is 12.2 Å². The van der Waals surface area contributed by atoms with Crippen LogP contribution in [0.1, 0.15) is 16.7 Å². The molecule has 5 nitrogen and oxygen atoms in total. The maximum Gasteiger partial charge on any atom is 0.198 e. The summed E-state index contributed by atoms with van der Waals surface area (Å²) < 4.78 is 25.4. The molecule has 0 fully saturated rings. The highest BCUT2D eigenvalue weighted by molar-refractivity contribution is 7.91. The molecule has 0 saturated heterocycles. The Labute approximate surface area is 182 Å². The van der Waals surface area contributed by atoms with Crippen molar-refractivity contribution < 1.29 is 8.42 Å². The summed E-state index contributed by atoms with van der Waals surface area (Å²) in [5.41, 5.74) is 3.71. The number of nitrogens with zero attached hydrogens (tertiary/aromatic N) is 1. The number of nitrogens with one attached hydrogen (secondary N) is 2. The Morgan fingerprint density at radius 2 is 1.43 bits per heavy atom. The molecule has 0 atom stereocenters. The molecule has 2 N–H and O–H groups in total. The number of aliphatic imine (C=N–C) groups is 1. The fraction of sp³-hybridized carbons (Fsp3) is 0.130. The van der Waals surface area contributed by atoms with E-state index in [1.807, 2.05) is 68.4 Å². The van der Waals surface area contributed by atoms with Gasteiger partial charge in [0.2, 0.25) is 0 Å². The average Bonchev–Trinajstić information content (AvgIpc) is 2.74. The first-order valence-corrected chi connectivity index (χ1v) is 11.4. The van der Waals surface area contributed by atoms with Crippen LogP contribution in [-0.4, -0.2) is 25.2 Å². The number of thiocarbonyl (C=S) groups is 1. The van der Waals surface area contributed by atoms with Gasteiger partial charge in [-0.25, -0.2) is 8.42 Å². The molecule has 0 aliphatic carbocycles. The second-order valence-corrected chi connectivity index (χ2v) is 9.24. The summed E-state index contributed by atoms with van der Waals surface area (Å²) in [7, 11) is -3.57. The van der Waals surface area contributed by atoms with Crippen molar-refractivity contribution in [3.63, 3.8) is 0 Å². The second-order valence-electron chi connectivity index (χ2n) is 6.87. The molecule has 154 valence electrons. The van der Waals surface area contributed by atoms with E-state index >= 15 is 0 Å². The van der Waals surface area contributed by atoms with Gasteiger partial charge in [-0.15, -0.1) is 0 Å². The molecule has 0 aromatic heterocycles. The molecule has 0 amide bonds. The van der Waals surface area contributed by atoms with E-state index in [0.29, 0.717) is 10.9 Å². The number of rotatable bonds is 5. The van der Waals surface area contributed by atoms with Gasteiger partial charge in [0.15, 0.2) is 14.9 Å². The van der Waals surface area contributed by atoms with Crippen molar-refractivity contribution in [2.75, 3.05) is 11.2 Å². The Morgan fingerprint density at radius 3 is 2.03 bits per heavy atom. The van der Waals surface area contributed by atoms with Gasteiger partial charge in [-0.1, -0.05) is 65.7 Å². The van der Waals surface area contributed by atoms with Crippen molar-refractivity contribution in [1.82, 2.24) is 5.32 Å². The second kappa shape index (κ2) is 9.65. The Morgan fingerprint density at radius 1 is 0.867 bits per heavy atom. The molecule has 7 heteroatoms. The lowest BCUT2D eigenvalue weighted by atomic mass is 10.2. The molecule has 3 aromatic carbocycles. The van der Waals surface area contributed by atoms with Crippen LogP contribution in [-0.2, 0) is 9.84 Å². The SMILES string of the molecule is Cc1ccc(NC(=S)NC(=NCS(=O)(=O)c2ccc(C)cc2)c2ccccc2)cc1. The number of aryl methyl sites for hydroxylation is 2. The van der Waals surface area contributed by atoms with Gasteiger partial charge in [-0.3, -0.25) is 4.99 Å². The zero-order chi connectivity index (χ0) is 21.6. The van der Waals surface area contributed by atoms with Crippen LogP contribution in [0.4, 0.5) is 5.69 Å². The summed E-state index contributed by atoms with van der Waals surface area (Å²) in [6, 6.07) is 23.8.